The van der Waals surface area contributed by atoms with Crippen molar-refractivity contribution in [2.24, 2.45) is 5.41 Å². The zero-order valence-corrected chi connectivity index (χ0v) is 14.4. The first-order chi connectivity index (χ1) is 12.3. The highest BCUT2D eigenvalue weighted by molar-refractivity contribution is 6.06. The van der Waals surface area contributed by atoms with Crippen LogP contribution >= 0.6 is 0 Å². The van der Waals surface area contributed by atoms with Crippen molar-refractivity contribution in [3.05, 3.63) is 48.3 Å². The molecule has 0 bridgehead atoms. The molecule has 2 aromatic heterocycles. The monoisotopic (exact) mass is 358 g/mol. The molecule has 0 radical (unpaired) electrons. The molecular weight excluding hydrogens is 340 g/mol. The molecule has 0 unspecified atom stereocenters. The van der Waals surface area contributed by atoms with Gasteiger partial charge in [0.1, 0.15) is 17.3 Å². The van der Waals surface area contributed by atoms with Crippen LogP contribution in [0.2, 0.25) is 0 Å². The molecule has 1 aliphatic carbocycles. The molecule has 7 nitrogen and oxygen atoms in total. The SMILES string of the molecule is CC1(C)OC(=O)C2(C(=O)O1)[C@@H](c1ccco1)CC(=O)C[C@H]2c1ccco1. The van der Waals surface area contributed by atoms with Gasteiger partial charge in [0, 0.05) is 26.7 Å². The van der Waals surface area contributed by atoms with Crippen molar-refractivity contribution in [2.45, 2.75) is 44.3 Å². The average Bonchev–Trinajstić information content (AvgIpc) is 3.25. The van der Waals surface area contributed by atoms with Crippen LogP contribution < -0.4 is 0 Å². The van der Waals surface area contributed by atoms with Crippen LogP contribution in [0.1, 0.15) is 50.0 Å². The maximum absolute atomic E-state index is 13.2. The molecule has 26 heavy (non-hydrogen) atoms. The molecule has 1 aliphatic heterocycles. The normalized spacial score (nSPS) is 27.2. The Balaban J connectivity index is 1.93. The molecule has 2 fully saturated rings. The lowest BCUT2D eigenvalue weighted by Gasteiger charge is -2.48. The van der Waals surface area contributed by atoms with Crippen LogP contribution in [0.15, 0.2) is 45.6 Å². The summed E-state index contributed by atoms with van der Waals surface area (Å²) in [5.74, 6) is -3.85. The number of rotatable bonds is 2. The van der Waals surface area contributed by atoms with E-state index in [4.69, 9.17) is 18.3 Å². The first-order valence-corrected chi connectivity index (χ1v) is 8.40. The van der Waals surface area contributed by atoms with E-state index >= 15 is 0 Å². The smallest absolute Gasteiger partial charge is 0.328 e. The summed E-state index contributed by atoms with van der Waals surface area (Å²) in [4.78, 5) is 38.8. The lowest BCUT2D eigenvalue weighted by molar-refractivity contribution is -0.256. The number of furan rings is 2. The molecule has 2 aromatic rings. The topological polar surface area (TPSA) is 96.0 Å². The Morgan fingerprint density at radius 2 is 1.31 bits per heavy atom. The van der Waals surface area contributed by atoms with E-state index < -0.39 is 35.0 Å². The molecule has 1 saturated carbocycles. The third-order valence-corrected chi connectivity index (χ3v) is 5.09. The van der Waals surface area contributed by atoms with Crippen LogP contribution in [0.3, 0.4) is 0 Å². The van der Waals surface area contributed by atoms with Gasteiger partial charge in [-0.25, -0.2) is 0 Å². The van der Waals surface area contributed by atoms with Crippen molar-refractivity contribution >= 4 is 17.7 Å². The quantitative estimate of drug-likeness (QED) is 0.601. The van der Waals surface area contributed by atoms with Gasteiger partial charge in [-0.05, 0) is 24.3 Å². The summed E-state index contributed by atoms with van der Waals surface area (Å²) in [7, 11) is 0. The number of carbonyl (C=O) groups excluding carboxylic acids is 3. The largest absolute Gasteiger partial charge is 0.469 e. The Hall–Kier alpha value is -2.83. The summed E-state index contributed by atoms with van der Waals surface area (Å²) < 4.78 is 21.8. The maximum Gasteiger partial charge on any atom is 0.328 e. The highest BCUT2D eigenvalue weighted by atomic mass is 16.7. The van der Waals surface area contributed by atoms with Gasteiger partial charge in [-0.3, -0.25) is 14.4 Å². The molecule has 4 rings (SSSR count). The summed E-state index contributed by atoms with van der Waals surface area (Å²) >= 11 is 0. The van der Waals surface area contributed by atoms with Gasteiger partial charge in [-0.1, -0.05) is 0 Å². The van der Waals surface area contributed by atoms with Crippen molar-refractivity contribution in [2.75, 3.05) is 0 Å². The van der Waals surface area contributed by atoms with Crippen LogP contribution in [0.5, 0.6) is 0 Å². The van der Waals surface area contributed by atoms with Gasteiger partial charge in [0.15, 0.2) is 5.41 Å². The maximum atomic E-state index is 13.2. The van der Waals surface area contributed by atoms with E-state index in [9.17, 15) is 14.4 Å². The number of carbonyl (C=O) groups is 3. The first kappa shape index (κ1) is 16.6. The predicted molar refractivity (Wildman–Crippen MR) is 85.8 cm³/mol. The molecule has 7 heteroatoms. The van der Waals surface area contributed by atoms with Crippen LogP contribution in [-0.2, 0) is 23.9 Å². The fourth-order valence-corrected chi connectivity index (χ4v) is 4.02. The molecule has 2 aliphatic rings. The first-order valence-electron chi connectivity index (χ1n) is 8.40. The van der Waals surface area contributed by atoms with Gasteiger partial charge in [0.25, 0.3) is 5.79 Å². The zero-order chi connectivity index (χ0) is 18.5. The summed E-state index contributed by atoms with van der Waals surface area (Å²) in [5, 5.41) is 0. The van der Waals surface area contributed by atoms with E-state index in [1.165, 1.54) is 26.4 Å². The number of cyclic esters (lactones) is 2. The second-order valence-corrected chi connectivity index (χ2v) is 7.13. The van der Waals surface area contributed by atoms with Gasteiger partial charge in [-0.2, -0.15) is 0 Å². The van der Waals surface area contributed by atoms with Crippen molar-refractivity contribution in [3.8, 4) is 0 Å². The molecule has 1 saturated heterocycles. The molecule has 136 valence electrons. The Bertz CT molecular complexity index is 776. The molecular formula is C19H18O7. The fourth-order valence-electron chi connectivity index (χ4n) is 4.02. The van der Waals surface area contributed by atoms with E-state index in [2.05, 4.69) is 0 Å². The second kappa shape index (κ2) is 5.59. The number of Topliss-reactive ketones (excluding diaryl/α,β-unsaturated/α-hetero) is 1. The summed E-state index contributed by atoms with van der Waals surface area (Å²) in [6.45, 7) is 2.99. The van der Waals surface area contributed by atoms with E-state index in [0.29, 0.717) is 11.5 Å². The number of hydrogen-bond acceptors (Lipinski definition) is 7. The minimum atomic E-state index is -1.74. The van der Waals surface area contributed by atoms with Gasteiger partial charge in [0.05, 0.1) is 24.4 Å². The van der Waals surface area contributed by atoms with Crippen LogP contribution in [0, 0.1) is 5.41 Å². The summed E-state index contributed by atoms with van der Waals surface area (Å²) in [6, 6.07) is 6.58. The standard InChI is InChI=1S/C19H18O7/c1-18(2)25-16(21)19(17(22)26-18)12(14-5-3-7-23-14)9-11(20)10-13(19)15-6-4-8-24-15/h3-8,12-13H,9-10H2,1-2H3/t12-,13+. The molecule has 0 amide bonds. The van der Waals surface area contributed by atoms with E-state index in [0.717, 1.165) is 0 Å². The van der Waals surface area contributed by atoms with Crippen LogP contribution in [0.4, 0.5) is 0 Å². The van der Waals surface area contributed by atoms with Crippen molar-refractivity contribution < 1.29 is 32.7 Å². The van der Waals surface area contributed by atoms with Gasteiger partial charge in [0.2, 0.25) is 0 Å². The van der Waals surface area contributed by atoms with Gasteiger partial charge >= 0.3 is 11.9 Å². The fraction of sp³-hybridized carbons (Fsp3) is 0.421. The highest BCUT2D eigenvalue weighted by Gasteiger charge is 2.68. The number of ether oxygens (including phenoxy) is 2. The van der Waals surface area contributed by atoms with Crippen molar-refractivity contribution in [3.63, 3.8) is 0 Å². The Kier molecular flexibility index (Phi) is 3.57. The van der Waals surface area contributed by atoms with E-state index in [-0.39, 0.29) is 18.6 Å². The second-order valence-electron chi connectivity index (χ2n) is 7.13. The minimum absolute atomic E-state index is 0.0185. The third kappa shape index (κ3) is 2.30. The zero-order valence-electron chi connectivity index (χ0n) is 14.4. The number of ketones is 1. The predicted octanol–water partition coefficient (Wildman–Crippen LogP) is 2.93. The lowest BCUT2D eigenvalue weighted by Crippen LogP contribution is -2.61. The molecule has 3 heterocycles. The molecule has 1 spiro atoms. The number of hydrogen-bond donors (Lipinski definition) is 0. The molecule has 0 aromatic carbocycles. The van der Waals surface area contributed by atoms with E-state index in [1.54, 1.807) is 24.3 Å². The number of esters is 2. The summed E-state index contributed by atoms with van der Waals surface area (Å²) in [5.41, 5.74) is -1.74. The van der Waals surface area contributed by atoms with E-state index in [1.807, 2.05) is 0 Å². The third-order valence-electron chi connectivity index (χ3n) is 5.09. The minimum Gasteiger partial charge on any atom is -0.469 e. The lowest BCUT2D eigenvalue weighted by atomic mass is 9.57. The van der Waals surface area contributed by atoms with Crippen LogP contribution in [0.25, 0.3) is 0 Å². The van der Waals surface area contributed by atoms with Gasteiger partial charge in [-0.15, -0.1) is 0 Å². The highest BCUT2D eigenvalue weighted by Crippen LogP contribution is 2.57. The molecule has 0 N–H and O–H groups in total. The van der Waals surface area contributed by atoms with Gasteiger partial charge < -0.3 is 18.3 Å². The Labute approximate surface area is 149 Å². The van der Waals surface area contributed by atoms with Crippen LogP contribution in [-0.4, -0.2) is 23.5 Å². The molecule has 2 atom stereocenters. The van der Waals surface area contributed by atoms with Crippen molar-refractivity contribution in [1.29, 1.82) is 0 Å². The summed E-state index contributed by atoms with van der Waals surface area (Å²) in [6.07, 6.45) is 2.84. The average molecular weight is 358 g/mol. The Morgan fingerprint density at radius 1 is 0.846 bits per heavy atom. The Morgan fingerprint density at radius 3 is 1.69 bits per heavy atom. The van der Waals surface area contributed by atoms with Crippen molar-refractivity contribution in [1.82, 2.24) is 0 Å².